The summed E-state index contributed by atoms with van der Waals surface area (Å²) in [5.41, 5.74) is 5.94. The summed E-state index contributed by atoms with van der Waals surface area (Å²) in [5, 5.41) is 0. The molecule has 6 nitrogen and oxygen atoms in total. The molecule has 1 aliphatic carbocycles. The zero-order valence-electron chi connectivity index (χ0n) is 18.1. The van der Waals surface area contributed by atoms with Crippen LogP contribution in [-0.4, -0.2) is 39.1 Å². The molecule has 0 saturated heterocycles. The highest BCUT2D eigenvalue weighted by molar-refractivity contribution is 5.98. The molecule has 1 aliphatic rings. The maximum Gasteiger partial charge on any atom is 0.414 e. The average Bonchev–Trinajstić information content (AvgIpc) is 3.15. The van der Waals surface area contributed by atoms with E-state index in [1.807, 2.05) is 24.3 Å². The Morgan fingerprint density at radius 3 is 2.16 bits per heavy atom. The lowest BCUT2D eigenvalue weighted by molar-refractivity contribution is 0.0599. The van der Waals surface area contributed by atoms with Crippen molar-refractivity contribution < 1.29 is 23.9 Å². The van der Waals surface area contributed by atoms with Gasteiger partial charge in [-0.25, -0.2) is 9.59 Å². The van der Waals surface area contributed by atoms with Crippen molar-refractivity contribution in [1.82, 2.24) is 0 Å². The van der Waals surface area contributed by atoms with Crippen LogP contribution in [0.4, 0.5) is 10.5 Å². The summed E-state index contributed by atoms with van der Waals surface area (Å²) in [4.78, 5) is 37.7. The number of methoxy groups -OCH3 is 1. The summed E-state index contributed by atoms with van der Waals surface area (Å²) in [6, 6.07) is 19.3. The minimum absolute atomic E-state index is 0.0612. The number of carbonyl (C=O) groups excluding carboxylic acids is 3. The number of esters is 1. The highest BCUT2D eigenvalue weighted by Gasteiger charge is 2.29. The predicted octanol–water partition coefficient (Wildman–Crippen LogP) is 4.98. The SMILES string of the molecule is COC(=O)c1cc(N(C)C(=O)OCC2c3ccccc3-c3ccccc32)cc(C=O)c1C. The number of benzene rings is 3. The highest BCUT2D eigenvalue weighted by Crippen LogP contribution is 2.44. The van der Waals surface area contributed by atoms with Gasteiger partial charge in [-0.1, -0.05) is 48.5 Å². The van der Waals surface area contributed by atoms with Gasteiger partial charge in [-0.15, -0.1) is 0 Å². The van der Waals surface area contributed by atoms with E-state index < -0.39 is 12.1 Å². The number of anilines is 1. The molecule has 0 heterocycles. The number of rotatable bonds is 5. The molecule has 3 aromatic rings. The molecule has 3 aromatic carbocycles. The van der Waals surface area contributed by atoms with Crippen LogP contribution < -0.4 is 4.90 Å². The molecular formula is C26H23NO5. The van der Waals surface area contributed by atoms with Crippen LogP contribution in [0.2, 0.25) is 0 Å². The molecule has 0 unspecified atom stereocenters. The van der Waals surface area contributed by atoms with Gasteiger partial charge in [0.2, 0.25) is 0 Å². The van der Waals surface area contributed by atoms with Crippen LogP contribution in [0.15, 0.2) is 60.7 Å². The lowest BCUT2D eigenvalue weighted by Crippen LogP contribution is -2.29. The van der Waals surface area contributed by atoms with E-state index in [0.29, 0.717) is 23.1 Å². The first-order valence-corrected chi connectivity index (χ1v) is 10.2. The van der Waals surface area contributed by atoms with Crippen molar-refractivity contribution in [2.24, 2.45) is 0 Å². The van der Waals surface area contributed by atoms with E-state index in [1.165, 1.54) is 18.1 Å². The van der Waals surface area contributed by atoms with E-state index >= 15 is 0 Å². The number of ether oxygens (including phenoxy) is 2. The first-order chi connectivity index (χ1) is 15.5. The average molecular weight is 429 g/mol. The van der Waals surface area contributed by atoms with Gasteiger partial charge in [0.05, 0.1) is 12.7 Å². The molecule has 0 atom stereocenters. The second-order valence-electron chi connectivity index (χ2n) is 7.68. The molecule has 0 spiro atoms. The molecule has 4 rings (SSSR count). The third-order valence-corrected chi connectivity index (χ3v) is 5.96. The third-order valence-electron chi connectivity index (χ3n) is 5.96. The van der Waals surface area contributed by atoms with E-state index in [0.717, 1.165) is 22.3 Å². The number of hydrogen-bond donors (Lipinski definition) is 0. The lowest BCUT2D eigenvalue weighted by atomic mass is 9.98. The Balaban J connectivity index is 1.57. The number of fused-ring (bicyclic) bond motifs is 3. The number of nitrogens with zero attached hydrogens (tertiary/aromatic N) is 1. The van der Waals surface area contributed by atoms with Crippen LogP contribution >= 0.6 is 0 Å². The topological polar surface area (TPSA) is 72.9 Å². The smallest absolute Gasteiger partial charge is 0.414 e. The molecule has 0 radical (unpaired) electrons. The Labute approximate surface area is 186 Å². The van der Waals surface area contributed by atoms with Crippen LogP contribution in [0.25, 0.3) is 11.1 Å². The van der Waals surface area contributed by atoms with E-state index in [1.54, 1.807) is 20.0 Å². The van der Waals surface area contributed by atoms with Crippen LogP contribution in [0, 0.1) is 6.92 Å². The van der Waals surface area contributed by atoms with Crippen LogP contribution in [0.3, 0.4) is 0 Å². The fourth-order valence-corrected chi connectivity index (χ4v) is 4.16. The molecule has 0 fully saturated rings. The molecule has 0 N–H and O–H groups in total. The summed E-state index contributed by atoms with van der Waals surface area (Å²) >= 11 is 0. The van der Waals surface area contributed by atoms with E-state index in [9.17, 15) is 14.4 Å². The summed E-state index contributed by atoms with van der Waals surface area (Å²) in [6.07, 6.45) is 0.0694. The molecule has 32 heavy (non-hydrogen) atoms. The van der Waals surface area contributed by atoms with Crippen molar-refractivity contribution in [3.8, 4) is 11.1 Å². The van der Waals surface area contributed by atoms with Crippen LogP contribution in [0.1, 0.15) is 43.3 Å². The lowest BCUT2D eigenvalue weighted by Gasteiger charge is -2.21. The minimum atomic E-state index is -0.580. The Hall–Kier alpha value is -3.93. The van der Waals surface area contributed by atoms with Crippen molar-refractivity contribution in [1.29, 1.82) is 0 Å². The quantitative estimate of drug-likeness (QED) is 0.423. The van der Waals surface area contributed by atoms with Gasteiger partial charge < -0.3 is 9.47 Å². The van der Waals surface area contributed by atoms with E-state index in [-0.39, 0.29) is 18.1 Å². The van der Waals surface area contributed by atoms with Gasteiger partial charge in [0.25, 0.3) is 0 Å². The van der Waals surface area contributed by atoms with Gasteiger partial charge in [0.1, 0.15) is 12.9 Å². The van der Waals surface area contributed by atoms with Gasteiger partial charge in [-0.05, 0) is 46.9 Å². The van der Waals surface area contributed by atoms with Gasteiger partial charge in [0, 0.05) is 24.2 Å². The van der Waals surface area contributed by atoms with Crippen molar-refractivity contribution in [3.63, 3.8) is 0 Å². The third kappa shape index (κ3) is 3.64. The molecule has 1 amide bonds. The van der Waals surface area contributed by atoms with Crippen molar-refractivity contribution in [2.45, 2.75) is 12.8 Å². The Morgan fingerprint density at radius 1 is 1.00 bits per heavy atom. The predicted molar refractivity (Wildman–Crippen MR) is 121 cm³/mol. The Bertz CT molecular complexity index is 1170. The summed E-state index contributed by atoms with van der Waals surface area (Å²) in [6.45, 7) is 1.83. The summed E-state index contributed by atoms with van der Waals surface area (Å²) in [5.74, 6) is -0.637. The first kappa shape index (κ1) is 21.3. The number of amides is 1. The largest absolute Gasteiger partial charge is 0.465 e. The summed E-state index contributed by atoms with van der Waals surface area (Å²) in [7, 11) is 2.81. The molecule has 0 bridgehead atoms. The Kier molecular flexibility index (Phi) is 5.77. The number of carbonyl (C=O) groups is 3. The zero-order valence-corrected chi connectivity index (χ0v) is 18.1. The number of aldehydes is 1. The van der Waals surface area contributed by atoms with Crippen LogP contribution in [-0.2, 0) is 9.47 Å². The normalized spacial score (nSPS) is 12.0. The Morgan fingerprint density at radius 2 is 1.59 bits per heavy atom. The first-order valence-electron chi connectivity index (χ1n) is 10.2. The molecule has 0 aromatic heterocycles. The van der Waals surface area contributed by atoms with Crippen molar-refractivity contribution in [2.75, 3.05) is 25.7 Å². The van der Waals surface area contributed by atoms with Crippen molar-refractivity contribution in [3.05, 3.63) is 88.5 Å². The molecule has 0 saturated carbocycles. The van der Waals surface area contributed by atoms with Gasteiger partial charge >= 0.3 is 12.1 Å². The molecule has 0 aliphatic heterocycles. The van der Waals surface area contributed by atoms with Gasteiger partial charge in [0.15, 0.2) is 0 Å². The fourth-order valence-electron chi connectivity index (χ4n) is 4.16. The summed E-state index contributed by atoms with van der Waals surface area (Å²) < 4.78 is 10.5. The maximum absolute atomic E-state index is 12.9. The molecular weight excluding hydrogens is 406 g/mol. The highest BCUT2D eigenvalue weighted by atomic mass is 16.6. The molecule has 6 heteroatoms. The van der Waals surface area contributed by atoms with Crippen molar-refractivity contribution >= 4 is 24.0 Å². The minimum Gasteiger partial charge on any atom is -0.465 e. The standard InChI is InChI=1S/C26H23NO5/c1-16-17(14-28)12-18(13-23(16)25(29)31-3)27(2)26(30)32-15-24-21-10-6-4-8-19(21)20-9-5-7-11-22(20)24/h4-14,24H,15H2,1-3H3. The van der Waals surface area contributed by atoms with E-state index in [2.05, 4.69) is 24.3 Å². The van der Waals surface area contributed by atoms with E-state index in [4.69, 9.17) is 9.47 Å². The second-order valence-corrected chi connectivity index (χ2v) is 7.68. The van der Waals surface area contributed by atoms with Crippen LogP contribution in [0.5, 0.6) is 0 Å². The van der Waals surface area contributed by atoms with Gasteiger partial charge in [-0.2, -0.15) is 0 Å². The number of hydrogen-bond acceptors (Lipinski definition) is 5. The zero-order chi connectivity index (χ0) is 22.8. The monoisotopic (exact) mass is 429 g/mol. The second kappa shape index (κ2) is 8.67. The fraction of sp³-hybridized carbons (Fsp3) is 0.192. The van der Waals surface area contributed by atoms with Gasteiger partial charge in [-0.3, -0.25) is 9.69 Å². The molecule has 162 valence electrons. The maximum atomic E-state index is 12.9.